The Labute approximate surface area is 138 Å². The molecule has 23 heavy (non-hydrogen) atoms. The number of hydrogen-bond donors (Lipinski definition) is 0. The molecule has 0 spiro atoms. The van der Waals surface area contributed by atoms with Gasteiger partial charge in [-0.1, -0.05) is 6.07 Å². The molecule has 2 saturated heterocycles. The van der Waals surface area contributed by atoms with E-state index in [-0.39, 0.29) is 5.91 Å². The largest absolute Gasteiger partial charge is 0.493 e. The number of carbonyl (C=O) groups is 1. The molecule has 0 bridgehead atoms. The summed E-state index contributed by atoms with van der Waals surface area (Å²) >= 11 is 0. The quantitative estimate of drug-likeness (QED) is 0.855. The van der Waals surface area contributed by atoms with Gasteiger partial charge in [0.2, 0.25) is 0 Å². The van der Waals surface area contributed by atoms with Gasteiger partial charge in [0.25, 0.3) is 5.91 Å². The van der Waals surface area contributed by atoms with Crippen molar-refractivity contribution in [3.63, 3.8) is 0 Å². The van der Waals surface area contributed by atoms with Crippen molar-refractivity contribution >= 4 is 5.91 Å². The number of rotatable bonds is 4. The van der Waals surface area contributed by atoms with Gasteiger partial charge in [-0.15, -0.1) is 0 Å². The normalized spacial score (nSPS) is 24.9. The first kappa shape index (κ1) is 16.1. The van der Waals surface area contributed by atoms with E-state index < -0.39 is 0 Å². The number of likely N-dealkylation sites (N-methyl/N-ethyl adjacent to an activating group) is 1. The molecule has 5 nitrogen and oxygen atoms in total. The van der Waals surface area contributed by atoms with Crippen LogP contribution in [0, 0.1) is 0 Å². The van der Waals surface area contributed by atoms with E-state index in [0.717, 1.165) is 25.9 Å². The average molecular weight is 318 g/mol. The van der Waals surface area contributed by atoms with Gasteiger partial charge in [-0.2, -0.15) is 0 Å². The Balaban J connectivity index is 1.87. The fourth-order valence-electron chi connectivity index (χ4n) is 4.08. The van der Waals surface area contributed by atoms with Gasteiger partial charge in [0, 0.05) is 18.6 Å². The van der Waals surface area contributed by atoms with Crippen molar-refractivity contribution in [1.82, 2.24) is 9.80 Å². The van der Waals surface area contributed by atoms with Gasteiger partial charge < -0.3 is 19.3 Å². The Hall–Kier alpha value is -1.75. The van der Waals surface area contributed by atoms with E-state index in [0.29, 0.717) is 29.1 Å². The van der Waals surface area contributed by atoms with Crippen molar-refractivity contribution in [2.45, 2.75) is 37.8 Å². The molecule has 0 aliphatic carbocycles. The van der Waals surface area contributed by atoms with Crippen LogP contribution in [0.2, 0.25) is 0 Å². The number of likely N-dealkylation sites (tertiary alicyclic amines) is 2. The van der Waals surface area contributed by atoms with E-state index in [1.165, 1.54) is 12.8 Å². The van der Waals surface area contributed by atoms with Gasteiger partial charge in [-0.05, 0) is 51.4 Å². The monoisotopic (exact) mass is 318 g/mol. The molecule has 0 aromatic heterocycles. The van der Waals surface area contributed by atoms with Crippen LogP contribution in [-0.4, -0.2) is 62.1 Å². The third-order valence-corrected chi connectivity index (χ3v) is 5.21. The zero-order chi connectivity index (χ0) is 16.4. The highest BCUT2D eigenvalue weighted by Crippen LogP contribution is 2.35. The molecule has 2 heterocycles. The molecule has 2 fully saturated rings. The predicted molar refractivity (Wildman–Crippen MR) is 89.3 cm³/mol. The minimum atomic E-state index is 0.0588. The summed E-state index contributed by atoms with van der Waals surface area (Å²) in [6, 6.07) is 6.30. The van der Waals surface area contributed by atoms with Crippen LogP contribution >= 0.6 is 0 Å². The first-order chi connectivity index (χ1) is 11.2. The molecule has 2 atom stereocenters. The Kier molecular flexibility index (Phi) is 4.76. The van der Waals surface area contributed by atoms with Crippen LogP contribution in [0.15, 0.2) is 18.2 Å². The molecule has 0 radical (unpaired) electrons. The lowest BCUT2D eigenvalue weighted by Gasteiger charge is -2.33. The minimum Gasteiger partial charge on any atom is -0.493 e. The number of nitrogens with zero attached hydrogens (tertiary/aromatic N) is 2. The summed E-state index contributed by atoms with van der Waals surface area (Å²) in [5.74, 6) is 1.20. The summed E-state index contributed by atoms with van der Waals surface area (Å²) in [5, 5.41) is 0. The maximum absolute atomic E-state index is 13.1. The molecule has 0 N–H and O–H groups in total. The van der Waals surface area contributed by atoms with Crippen molar-refractivity contribution in [1.29, 1.82) is 0 Å². The van der Waals surface area contributed by atoms with Crippen LogP contribution < -0.4 is 9.47 Å². The van der Waals surface area contributed by atoms with E-state index in [1.807, 2.05) is 23.1 Å². The predicted octanol–water partition coefficient (Wildman–Crippen LogP) is 2.40. The summed E-state index contributed by atoms with van der Waals surface area (Å²) in [4.78, 5) is 17.6. The molecule has 126 valence electrons. The lowest BCUT2D eigenvalue weighted by molar-refractivity contribution is 0.0660. The molecule has 1 aromatic carbocycles. The molecule has 5 heteroatoms. The average Bonchev–Trinajstić information content (AvgIpc) is 3.21. The van der Waals surface area contributed by atoms with Crippen molar-refractivity contribution in [3.8, 4) is 11.5 Å². The SMILES string of the molecule is COc1cccc(C(=O)N2CCC[C@@H]2[C@@H]2CCCN2C)c1OC. The number of hydrogen-bond acceptors (Lipinski definition) is 4. The molecule has 0 saturated carbocycles. The highest BCUT2D eigenvalue weighted by Gasteiger charge is 2.39. The van der Waals surface area contributed by atoms with Gasteiger partial charge in [-0.3, -0.25) is 4.79 Å². The van der Waals surface area contributed by atoms with Gasteiger partial charge in [0.15, 0.2) is 11.5 Å². The second-order valence-electron chi connectivity index (χ2n) is 6.44. The Morgan fingerprint density at radius 1 is 1.09 bits per heavy atom. The number of para-hydroxylation sites is 1. The van der Waals surface area contributed by atoms with E-state index in [1.54, 1.807) is 14.2 Å². The van der Waals surface area contributed by atoms with Gasteiger partial charge in [0.1, 0.15) is 0 Å². The van der Waals surface area contributed by atoms with Crippen molar-refractivity contribution in [2.75, 3.05) is 34.4 Å². The van der Waals surface area contributed by atoms with Crippen molar-refractivity contribution < 1.29 is 14.3 Å². The topological polar surface area (TPSA) is 42.0 Å². The van der Waals surface area contributed by atoms with Crippen LogP contribution in [0.5, 0.6) is 11.5 Å². The van der Waals surface area contributed by atoms with Gasteiger partial charge in [-0.25, -0.2) is 0 Å². The lowest BCUT2D eigenvalue weighted by atomic mass is 10.0. The zero-order valence-electron chi connectivity index (χ0n) is 14.2. The Bertz CT molecular complexity index is 575. The number of amides is 1. The van der Waals surface area contributed by atoms with Gasteiger partial charge in [0.05, 0.1) is 19.8 Å². The summed E-state index contributed by atoms with van der Waals surface area (Å²) in [6.07, 6.45) is 4.57. The molecule has 1 amide bonds. The first-order valence-corrected chi connectivity index (χ1v) is 8.39. The maximum Gasteiger partial charge on any atom is 0.258 e. The zero-order valence-corrected chi connectivity index (χ0v) is 14.2. The maximum atomic E-state index is 13.1. The summed E-state index contributed by atoms with van der Waals surface area (Å²) in [5.41, 5.74) is 0.597. The third kappa shape index (κ3) is 2.90. The number of benzene rings is 1. The summed E-state index contributed by atoms with van der Waals surface area (Å²) < 4.78 is 10.8. The Morgan fingerprint density at radius 3 is 2.48 bits per heavy atom. The number of carbonyl (C=O) groups excluding carboxylic acids is 1. The highest BCUT2D eigenvalue weighted by atomic mass is 16.5. The van der Waals surface area contributed by atoms with Crippen LogP contribution in [0.1, 0.15) is 36.0 Å². The third-order valence-electron chi connectivity index (χ3n) is 5.21. The van der Waals surface area contributed by atoms with E-state index in [2.05, 4.69) is 11.9 Å². The Morgan fingerprint density at radius 2 is 1.83 bits per heavy atom. The van der Waals surface area contributed by atoms with Crippen LogP contribution in [0.25, 0.3) is 0 Å². The van der Waals surface area contributed by atoms with Gasteiger partial charge >= 0.3 is 0 Å². The molecule has 2 aliphatic rings. The van der Waals surface area contributed by atoms with Crippen LogP contribution in [0.3, 0.4) is 0 Å². The molecular formula is C18H26N2O3. The smallest absolute Gasteiger partial charge is 0.258 e. The minimum absolute atomic E-state index is 0.0588. The number of ether oxygens (including phenoxy) is 2. The second-order valence-corrected chi connectivity index (χ2v) is 6.44. The molecule has 0 unspecified atom stereocenters. The second kappa shape index (κ2) is 6.79. The first-order valence-electron chi connectivity index (χ1n) is 8.39. The fraction of sp³-hybridized carbons (Fsp3) is 0.611. The van der Waals surface area contributed by atoms with Crippen LogP contribution in [-0.2, 0) is 0 Å². The summed E-state index contributed by atoms with van der Waals surface area (Å²) in [7, 11) is 5.35. The highest BCUT2D eigenvalue weighted by molar-refractivity contribution is 5.98. The van der Waals surface area contributed by atoms with E-state index >= 15 is 0 Å². The fourth-order valence-corrected chi connectivity index (χ4v) is 4.08. The van der Waals surface area contributed by atoms with Crippen molar-refractivity contribution in [3.05, 3.63) is 23.8 Å². The van der Waals surface area contributed by atoms with Crippen LogP contribution in [0.4, 0.5) is 0 Å². The number of methoxy groups -OCH3 is 2. The molecule has 3 rings (SSSR count). The van der Waals surface area contributed by atoms with E-state index in [4.69, 9.17) is 9.47 Å². The lowest BCUT2D eigenvalue weighted by Crippen LogP contribution is -2.47. The molecule has 1 aromatic rings. The van der Waals surface area contributed by atoms with Crippen molar-refractivity contribution in [2.24, 2.45) is 0 Å². The molecule has 2 aliphatic heterocycles. The van der Waals surface area contributed by atoms with E-state index in [9.17, 15) is 4.79 Å². The standard InChI is InChI=1S/C18H26N2O3/c1-19-11-5-8-14(19)15-9-6-12-20(15)18(21)13-7-4-10-16(22-2)17(13)23-3/h4,7,10,14-15H,5-6,8-9,11-12H2,1-3H3/t14-,15+/m0/s1. The molecular weight excluding hydrogens is 292 g/mol. The summed E-state index contributed by atoms with van der Waals surface area (Å²) in [6.45, 7) is 1.96.